The normalized spacial score (nSPS) is 18.1. The fourth-order valence-electron chi connectivity index (χ4n) is 3.19. The first-order chi connectivity index (χ1) is 9.45. The number of aliphatic hydroxyl groups is 1. The van der Waals surface area contributed by atoms with Crippen molar-refractivity contribution in [1.82, 2.24) is 10.2 Å². The van der Waals surface area contributed by atoms with Crippen molar-refractivity contribution < 1.29 is 5.11 Å². The molecule has 1 aliphatic heterocycles. The number of piperazine rings is 1. The molecule has 0 unspecified atom stereocenters. The fourth-order valence-corrected chi connectivity index (χ4v) is 3.19. The Balaban J connectivity index is 0.00000220. The first-order valence-electron chi connectivity index (χ1n) is 7.58. The average molecular weight is 313 g/mol. The minimum Gasteiger partial charge on any atom is -0.396 e. The van der Waals surface area contributed by atoms with E-state index in [2.05, 4.69) is 56.1 Å². The van der Waals surface area contributed by atoms with Crippen molar-refractivity contribution in [2.45, 2.75) is 33.7 Å². The summed E-state index contributed by atoms with van der Waals surface area (Å²) in [4.78, 5) is 2.52. The molecule has 0 bridgehead atoms. The Morgan fingerprint density at radius 2 is 1.86 bits per heavy atom. The van der Waals surface area contributed by atoms with Gasteiger partial charge in [-0.25, -0.2) is 0 Å². The van der Waals surface area contributed by atoms with Gasteiger partial charge in [-0.15, -0.1) is 12.4 Å². The van der Waals surface area contributed by atoms with E-state index in [1.807, 2.05) is 0 Å². The van der Waals surface area contributed by atoms with Crippen LogP contribution in [0.15, 0.2) is 18.2 Å². The second kappa shape index (κ2) is 7.59. The number of hydrogen-bond acceptors (Lipinski definition) is 3. The Bertz CT molecular complexity index is 456. The molecule has 21 heavy (non-hydrogen) atoms. The maximum Gasteiger partial charge on any atom is 0.0500 e. The lowest BCUT2D eigenvalue weighted by Crippen LogP contribution is -2.49. The van der Waals surface area contributed by atoms with Gasteiger partial charge in [0.1, 0.15) is 0 Å². The van der Waals surface area contributed by atoms with Gasteiger partial charge in [-0.3, -0.25) is 4.90 Å². The summed E-state index contributed by atoms with van der Waals surface area (Å²) in [5.41, 5.74) is 3.83. The van der Waals surface area contributed by atoms with E-state index in [9.17, 15) is 5.11 Å². The molecule has 0 spiro atoms. The molecule has 0 aliphatic carbocycles. The van der Waals surface area contributed by atoms with Crippen LogP contribution in [0.5, 0.6) is 0 Å². The van der Waals surface area contributed by atoms with E-state index in [0.29, 0.717) is 0 Å². The second-order valence-corrected chi connectivity index (χ2v) is 6.70. The van der Waals surface area contributed by atoms with Crippen LogP contribution in [0.3, 0.4) is 0 Å². The Morgan fingerprint density at radius 1 is 1.24 bits per heavy atom. The average Bonchev–Trinajstić information content (AvgIpc) is 2.44. The summed E-state index contributed by atoms with van der Waals surface area (Å²) in [5, 5.41) is 13.3. The van der Waals surface area contributed by atoms with Crippen LogP contribution in [-0.4, -0.2) is 42.8 Å². The lowest BCUT2D eigenvalue weighted by molar-refractivity contribution is 0.0302. The second-order valence-electron chi connectivity index (χ2n) is 6.70. The Kier molecular flexibility index (Phi) is 6.67. The summed E-state index contributed by atoms with van der Waals surface area (Å²) < 4.78 is 0. The van der Waals surface area contributed by atoms with Crippen LogP contribution in [-0.2, 0) is 0 Å². The van der Waals surface area contributed by atoms with E-state index in [-0.39, 0.29) is 30.5 Å². The first kappa shape index (κ1) is 18.4. The first-order valence-corrected chi connectivity index (χ1v) is 7.58. The number of nitrogens with zero attached hydrogens (tertiary/aromatic N) is 1. The molecular formula is C17H29ClN2O. The molecule has 1 aromatic rings. The highest BCUT2D eigenvalue weighted by Crippen LogP contribution is 2.39. The van der Waals surface area contributed by atoms with Gasteiger partial charge in [0.2, 0.25) is 0 Å². The molecule has 1 fully saturated rings. The molecule has 120 valence electrons. The molecule has 1 aromatic carbocycles. The fraction of sp³-hybridized carbons (Fsp3) is 0.647. The SMILES string of the molecule is Cc1ccc(C)c([C@@H](N2CCNCC2)C(C)(C)CO)c1.Cl. The quantitative estimate of drug-likeness (QED) is 0.897. The highest BCUT2D eigenvalue weighted by Gasteiger charge is 2.36. The van der Waals surface area contributed by atoms with Crippen molar-refractivity contribution in [2.24, 2.45) is 5.41 Å². The van der Waals surface area contributed by atoms with Crippen molar-refractivity contribution in [3.63, 3.8) is 0 Å². The number of rotatable bonds is 4. The molecule has 0 amide bonds. The molecule has 1 atom stereocenters. The minimum atomic E-state index is -0.143. The van der Waals surface area contributed by atoms with Gasteiger partial charge in [-0.2, -0.15) is 0 Å². The standard InChI is InChI=1S/C17H28N2O.ClH/c1-13-5-6-14(2)15(11-13)16(17(3,4)12-20)19-9-7-18-8-10-19;/h5-6,11,16,18,20H,7-10,12H2,1-4H3;1H/t16-;/m1./s1. The topological polar surface area (TPSA) is 35.5 Å². The molecule has 3 nitrogen and oxygen atoms in total. The van der Waals surface area contributed by atoms with Crippen molar-refractivity contribution in [3.8, 4) is 0 Å². The molecule has 1 aliphatic rings. The maximum absolute atomic E-state index is 9.87. The van der Waals surface area contributed by atoms with Crippen LogP contribution in [0.1, 0.15) is 36.6 Å². The van der Waals surface area contributed by atoms with Crippen LogP contribution in [0, 0.1) is 19.3 Å². The molecular weight excluding hydrogens is 284 g/mol. The lowest BCUT2D eigenvalue weighted by Gasteiger charge is -2.44. The summed E-state index contributed by atoms with van der Waals surface area (Å²) in [5.74, 6) is 0. The summed E-state index contributed by atoms with van der Waals surface area (Å²) in [6.07, 6.45) is 0. The number of hydrogen-bond donors (Lipinski definition) is 2. The van der Waals surface area contributed by atoms with E-state index in [0.717, 1.165) is 26.2 Å². The van der Waals surface area contributed by atoms with Crippen molar-refractivity contribution in [2.75, 3.05) is 32.8 Å². The Morgan fingerprint density at radius 3 is 2.43 bits per heavy atom. The van der Waals surface area contributed by atoms with Gasteiger partial charge < -0.3 is 10.4 Å². The smallest absolute Gasteiger partial charge is 0.0500 e. The maximum atomic E-state index is 9.87. The number of aryl methyl sites for hydroxylation is 2. The van der Waals surface area contributed by atoms with Crippen LogP contribution in [0.25, 0.3) is 0 Å². The van der Waals surface area contributed by atoms with E-state index < -0.39 is 0 Å². The van der Waals surface area contributed by atoms with Crippen molar-refractivity contribution in [1.29, 1.82) is 0 Å². The van der Waals surface area contributed by atoms with Crippen LogP contribution in [0.4, 0.5) is 0 Å². The Labute approximate surface area is 135 Å². The van der Waals surface area contributed by atoms with Gasteiger partial charge in [-0.05, 0) is 25.0 Å². The molecule has 0 aromatic heterocycles. The lowest BCUT2D eigenvalue weighted by atomic mass is 9.78. The van der Waals surface area contributed by atoms with Gasteiger partial charge in [0, 0.05) is 44.2 Å². The number of aliphatic hydroxyl groups excluding tert-OH is 1. The zero-order valence-corrected chi connectivity index (χ0v) is 14.5. The molecule has 4 heteroatoms. The monoisotopic (exact) mass is 312 g/mol. The van der Waals surface area contributed by atoms with Gasteiger partial charge >= 0.3 is 0 Å². The molecule has 0 saturated carbocycles. The van der Waals surface area contributed by atoms with Crippen LogP contribution in [0.2, 0.25) is 0 Å². The molecule has 2 N–H and O–H groups in total. The summed E-state index contributed by atoms with van der Waals surface area (Å²) >= 11 is 0. The van der Waals surface area contributed by atoms with Gasteiger partial charge in [0.15, 0.2) is 0 Å². The molecule has 0 radical (unpaired) electrons. The number of halogens is 1. The highest BCUT2D eigenvalue weighted by atomic mass is 35.5. The Hall–Kier alpha value is -0.610. The third kappa shape index (κ3) is 4.19. The largest absolute Gasteiger partial charge is 0.396 e. The predicted molar refractivity (Wildman–Crippen MR) is 91.2 cm³/mol. The zero-order chi connectivity index (χ0) is 14.8. The number of benzene rings is 1. The number of nitrogens with one attached hydrogen (secondary N) is 1. The van der Waals surface area contributed by atoms with Crippen molar-refractivity contribution >= 4 is 12.4 Å². The minimum absolute atomic E-state index is 0. The van der Waals surface area contributed by atoms with Crippen molar-refractivity contribution in [3.05, 3.63) is 34.9 Å². The third-order valence-corrected chi connectivity index (χ3v) is 4.39. The van der Waals surface area contributed by atoms with Gasteiger partial charge in [0.05, 0.1) is 0 Å². The van der Waals surface area contributed by atoms with E-state index in [4.69, 9.17) is 0 Å². The van der Waals surface area contributed by atoms with Crippen LogP contribution < -0.4 is 5.32 Å². The molecule has 1 saturated heterocycles. The molecule has 1 heterocycles. The third-order valence-electron chi connectivity index (χ3n) is 4.39. The zero-order valence-electron chi connectivity index (χ0n) is 13.6. The summed E-state index contributed by atoms with van der Waals surface area (Å²) in [6, 6.07) is 6.93. The van der Waals surface area contributed by atoms with E-state index >= 15 is 0 Å². The summed E-state index contributed by atoms with van der Waals surface area (Å²) in [7, 11) is 0. The van der Waals surface area contributed by atoms with Gasteiger partial charge in [0.25, 0.3) is 0 Å². The highest BCUT2D eigenvalue weighted by molar-refractivity contribution is 5.85. The van der Waals surface area contributed by atoms with E-state index in [1.165, 1.54) is 16.7 Å². The molecule has 2 rings (SSSR count). The predicted octanol–water partition coefficient (Wildman–Crippen LogP) is 2.69. The summed E-state index contributed by atoms with van der Waals surface area (Å²) in [6.45, 7) is 13.0. The van der Waals surface area contributed by atoms with E-state index in [1.54, 1.807) is 0 Å². The van der Waals surface area contributed by atoms with Gasteiger partial charge in [-0.1, -0.05) is 37.6 Å². The van der Waals surface area contributed by atoms with Crippen LogP contribution >= 0.6 is 12.4 Å².